The van der Waals surface area contributed by atoms with Crippen molar-refractivity contribution in [2.24, 2.45) is 0 Å². The average Bonchev–Trinajstić information content (AvgIpc) is 2.54. The summed E-state index contributed by atoms with van der Waals surface area (Å²) < 4.78 is 56.5. The van der Waals surface area contributed by atoms with Crippen LogP contribution in [-0.4, -0.2) is 13.0 Å². The number of amides is 1. The molecule has 2 aromatic rings. The molecule has 24 heavy (non-hydrogen) atoms. The summed E-state index contributed by atoms with van der Waals surface area (Å²) in [6.45, 7) is 0. The third-order valence-electron chi connectivity index (χ3n) is 3.37. The zero-order valence-corrected chi connectivity index (χ0v) is 12.8. The topological polar surface area (TPSA) is 38.3 Å². The Balaban J connectivity index is 1.99. The quantitative estimate of drug-likeness (QED) is 0.818. The van der Waals surface area contributed by atoms with Gasteiger partial charge in [0, 0.05) is 6.42 Å². The van der Waals surface area contributed by atoms with Crippen molar-refractivity contribution in [1.29, 1.82) is 0 Å². The molecule has 7 heteroatoms. The van der Waals surface area contributed by atoms with Gasteiger partial charge < -0.3 is 10.1 Å². The zero-order valence-electron chi connectivity index (χ0n) is 12.8. The molecule has 2 aromatic carbocycles. The van der Waals surface area contributed by atoms with Crippen molar-refractivity contribution < 1.29 is 27.1 Å². The van der Waals surface area contributed by atoms with Crippen LogP contribution in [-0.2, 0) is 17.4 Å². The van der Waals surface area contributed by atoms with Crippen molar-refractivity contribution in [1.82, 2.24) is 0 Å². The van der Waals surface area contributed by atoms with Crippen molar-refractivity contribution in [3.8, 4) is 5.75 Å². The molecule has 0 aliphatic heterocycles. The number of rotatable bonds is 5. The van der Waals surface area contributed by atoms with E-state index < -0.39 is 29.2 Å². The number of aryl methyl sites for hydroxylation is 1. The Kier molecular flexibility index (Phi) is 5.43. The summed E-state index contributed by atoms with van der Waals surface area (Å²) in [5.74, 6) is -0.806. The van der Waals surface area contributed by atoms with Crippen LogP contribution in [0.1, 0.15) is 17.5 Å². The number of ether oxygens (including phenoxy) is 1. The third-order valence-corrected chi connectivity index (χ3v) is 3.37. The van der Waals surface area contributed by atoms with E-state index in [1.807, 2.05) is 0 Å². The highest BCUT2D eigenvalue weighted by Gasteiger charge is 2.31. The maximum absolute atomic E-state index is 13.6. The third kappa shape index (κ3) is 4.71. The Morgan fingerprint density at radius 1 is 1.12 bits per heavy atom. The Hall–Kier alpha value is -2.57. The van der Waals surface area contributed by atoms with Crippen LogP contribution < -0.4 is 10.1 Å². The van der Waals surface area contributed by atoms with Crippen LogP contribution in [0.2, 0.25) is 0 Å². The molecule has 0 aliphatic carbocycles. The molecule has 0 bridgehead atoms. The number of anilines is 1. The number of benzene rings is 2. The van der Waals surface area contributed by atoms with Gasteiger partial charge in [0.1, 0.15) is 11.6 Å². The zero-order chi connectivity index (χ0) is 17.7. The summed E-state index contributed by atoms with van der Waals surface area (Å²) in [6.07, 6.45) is -4.21. The lowest BCUT2D eigenvalue weighted by atomic mass is 10.1. The number of carbonyl (C=O) groups is 1. The SMILES string of the molecule is COc1ccc(CCC(=O)Nc2cc(C(F)(F)F)ccc2F)cc1. The van der Waals surface area contributed by atoms with E-state index in [1.54, 1.807) is 24.3 Å². The molecule has 0 spiro atoms. The van der Waals surface area contributed by atoms with Gasteiger partial charge in [0.15, 0.2) is 0 Å². The van der Waals surface area contributed by atoms with Crippen molar-refractivity contribution in [3.05, 3.63) is 59.4 Å². The van der Waals surface area contributed by atoms with Crippen LogP contribution in [0.4, 0.5) is 23.2 Å². The number of nitrogens with one attached hydrogen (secondary N) is 1. The largest absolute Gasteiger partial charge is 0.497 e. The van der Waals surface area contributed by atoms with Gasteiger partial charge in [-0.15, -0.1) is 0 Å². The van der Waals surface area contributed by atoms with Gasteiger partial charge in [0.25, 0.3) is 0 Å². The summed E-state index contributed by atoms with van der Waals surface area (Å²) in [4.78, 5) is 11.8. The van der Waals surface area contributed by atoms with Gasteiger partial charge in [-0.05, 0) is 42.3 Å². The molecule has 0 saturated heterocycles. The number of halogens is 4. The molecule has 0 radical (unpaired) electrons. The highest BCUT2D eigenvalue weighted by Crippen LogP contribution is 2.31. The molecule has 2 rings (SSSR count). The second kappa shape index (κ2) is 7.33. The highest BCUT2D eigenvalue weighted by molar-refractivity contribution is 5.91. The maximum Gasteiger partial charge on any atom is 0.416 e. The van der Waals surface area contributed by atoms with Crippen LogP contribution in [0, 0.1) is 5.82 Å². The highest BCUT2D eigenvalue weighted by atomic mass is 19.4. The Labute approximate surface area is 136 Å². The molecule has 1 N–H and O–H groups in total. The van der Waals surface area contributed by atoms with Gasteiger partial charge in [-0.1, -0.05) is 12.1 Å². The Bertz CT molecular complexity index is 712. The molecular formula is C17H15F4NO2. The van der Waals surface area contributed by atoms with Gasteiger partial charge in [-0.25, -0.2) is 4.39 Å². The number of alkyl halides is 3. The second-order valence-electron chi connectivity index (χ2n) is 5.09. The normalized spacial score (nSPS) is 11.2. The molecule has 0 aliphatic rings. The van der Waals surface area contributed by atoms with E-state index in [-0.39, 0.29) is 6.42 Å². The first kappa shape index (κ1) is 17.8. The minimum absolute atomic E-state index is 0.0159. The average molecular weight is 341 g/mol. The van der Waals surface area contributed by atoms with Crippen LogP contribution in [0.3, 0.4) is 0 Å². The molecule has 0 saturated carbocycles. The lowest BCUT2D eigenvalue weighted by molar-refractivity contribution is -0.137. The molecule has 0 heterocycles. The van der Waals surface area contributed by atoms with Crippen LogP contribution >= 0.6 is 0 Å². The van der Waals surface area contributed by atoms with Crippen molar-refractivity contribution >= 4 is 11.6 Å². The van der Waals surface area contributed by atoms with E-state index >= 15 is 0 Å². The smallest absolute Gasteiger partial charge is 0.416 e. The first-order valence-electron chi connectivity index (χ1n) is 7.09. The van der Waals surface area contributed by atoms with Crippen LogP contribution in [0.15, 0.2) is 42.5 Å². The first-order chi connectivity index (χ1) is 11.3. The summed E-state index contributed by atoms with van der Waals surface area (Å²) in [5, 5.41) is 2.18. The van der Waals surface area contributed by atoms with E-state index in [4.69, 9.17) is 4.74 Å². The molecule has 0 unspecified atom stereocenters. The summed E-state index contributed by atoms with van der Waals surface area (Å²) in [7, 11) is 1.53. The fourth-order valence-corrected chi connectivity index (χ4v) is 2.06. The van der Waals surface area contributed by atoms with Gasteiger partial charge in [0.2, 0.25) is 5.91 Å². The molecule has 0 aromatic heterocycles. The summed E-state index contributed by atoms with van der Waals surface area (Å²) in [6, 6.07) is 8.91. The van der Waals surface area contributed by atoms with Gasteiger partial charge >= 0.3 is 6.18 Å². The maximum atomic E-state index is 13.6. The summed E-state index contributed by atoms with van der Waals surface area (Å²) >= 11 is 0. The number of carbonyl (C=O) groups excluding carboxylic acids is 1. The minimum atomic E-state index is -4.60. The standard InChI is InChI=1S/C17H15F4NO2/c1-24-13-6-2-11(3-7-13)4-9-16(23)22-15-10-12(17(19,20)21)5-8-14(15)18/h2-3,5-8,10H,4,9H2,1H3,(H,22,23). The monoisotopic (exact) mass is 341 g/mol. The fourth-order valence-electron chi connectivity index (χ4n) is 2.06. The van der Waals surface area contributed by atoms with E-state index in [0.717, 1.165) is 5.56 Å². The summed E-state index contributed by atoms with van der Waals surface area (Å²) in [5.41, 5.74) is -0.644. The van der Waals surface area contributed by atoms with E-state index in [9.17, 15) is 22.4 Å². The second-order valence-corrected chi connectivity index (χ2v) is 5.09. The van der Waals surface area contributed by atoms with Crippen molar-refractivity contribution in [2.75, 3.05) is 12.4 Å². The molecule has 1 amide bonds. The lowest BCUT2D eigenvalue weighted by Gasteiger charge is -2.11. The predicted octanol–water partition coefficient (Wildman–Crippen LogP) is 4.42. The Morgan fingerprint density at radius 3 is 2.38 bits per heavy atom. The van der Waals surface area contributed by atoms with E-state index in [2.05, 4.69) is 5.32 Å². The van der Waals surface area contributed by atoms with Gasteiger partial charge in [0.05, 0.1) is 18.4 Å². The molecule has 128 valence electrons. The van der Waals surface area contributed by atoms with E-state index in [0.29, 0.717) is 30.4 Å². The molecule has 0 atom stereocenters. The lowest BCUT2D eigenvalue weighted by Crippen LogP contribution is -2.15. The van der Waals surface area contributed by atoms with Crippen molar-refractivity contribution in [3.63, 3.8) is 0 Å². The minimum Gasteiger partial charge on any atom is -0.497 e. The van der Waals surface area contributed by atoms with E-state index in [1.165, 1.54) is 7.11 Å². The van der Waals surface area contributed by atoms with Gasteiger partial charge in [-0.3, -0.25) is 4.79 Å². The van der Waals surface area contributed by atoms with Gasteiger partial charge in [-0.2, -0.15) is 13.2 Å². The number of methoxy groups -OCH3 is 1. The van der Waals surface area contributed by atoms with Crippen molar-refractivity contribution in [2.45, 2.75) is 19.0 Å². The number of hydrogen-bond acceptors (Lipinski definition) is 2. The van der Waals surface area contributed by atoms with Crippen LogP contribution in [0.5, 0.6) is 5.75 Å². The first-order valence-corrected chi connectivity index (χ1v) is 7.09. The Morgan fingerprint density at radius 2 is 1.79 bits per heavy atom. The predicted molar refractivity (Wildman–Crippen MR) is 81.3 cm³/mol. The molecule has 3 nitrogen and oxygen atoms in total. The van der Waals surface area contributed by atoms with Crippen LogP contribution in [0.25, 0.3) is 0 Å². The number of hydrogen-bond donors (Lipinski definition) is 1. The molecule has 0 fully saturated rings. The molecular weight excluding hydrogens is 326 g/mol. The fraction of sp³-hybridized carbons (Fsp3) is 0.235.